The van der Waals surface area contributed by atoms with Gasteiger partial charge in [0.25, 0.3) is 11.1 Å². The molecule has 264 valence electrons. The Morgan fingerprint density at radius 3 is 2.29 bits per heavy atom. The van der Waals surface area contributed by atoms with Crippen LogP contribution in [0.25, 0.3) is 22.2 Å². The molecule has 4 heterocycles. The summed E-state index contributed by atoms with van der Waals surface area (Å²) >= 11 is 0. The maximum atomic E-state index is 15.0. The molecule has 0 N–H and O–H groups in total. The number of rotatable bonds is 11. The van der Waals surface area contributed by atoms with Gasteiger partial charge in [-0.2, -0.15) is 31.4 Å². The van der Waals surface area contributed by atoms with Crippen LogP contribution in [0.2, 0.25) is 25.7 Å². The molecule has 0 spiro atoms. The number of anilines is 1. The Labute approximate surface area is 276 Å². The van der Waals surface area contributed by atoms with Gasteiger partial charge in [0.15, 0.2) is 5.82 Å². The second-order valence-corrected chi connectivity index (χ2v) is 18.5. The van der Waals surface area contributed by atoms with Gasteiger partial charge in [-0.05, 0) is 42.5 Å². The summed E-state index contributed by atoms with van der Waals surface area (Å²) in [6, 6.07) is 4.56. The lowest BCUT2D eigenvalue weighted by Crippen LogP contribution is -2.42. The van der Waals surface area contributed by atoms with Gasteiger partial charge in [0.2, 0.25) is 0 Å². The molecule has 0 radical (unpaired) electrons. The second kappa shape index (κ2) is 14.0. The standard InChI is InChI=1S/C31H34F7N7O3Si/c1-49(2,3)13-12-48-19-44-29(47)26(31(36,37)38)25(18-41-44)45-10-5-9-43(45)8-4-7-42-11-6-20-14-23(24(32)15-22(20)28(42)46)27-39-16-21(17-40-27)30(33,34)35/h6,11,14-18H,4-5,7-10,12-13,19H2,1-3H3. The van der Waals surface area contributed by atoms with Crippen molar-refractivity contribution in [3.05, 3.63) is 80.6 Å². The number of hydrazine groups is 1. The minimum Gasteiger partial charge on any atom is -0.359 e. The van der Waals surface area contributed by atoms with Gasteiger partial charge >= 0.3 is 12.4 Å². The number of pyridine rings is 1. The average Bonchev–Trinajstić information content (AvgIpc) is 3.48. The third kappa shape index (κ3) is 8.35. The summed E-state index contributed by atoms with van der Waals surface area (Å²) in [4.78, 5) is 33.4. The zero-order valence-corrected chi connectivity index (χ0v) is 27.9. The minimum atomic E-state index is -4.95. The van der Waals surface area contributed by atoms with Crippen molar-refractivity contribution in [2.24, 2.45) is 0 Å². The Kier molecular flexibility index (Phi) is 10.3. The Bertz CT molecular complexity index is 1920. The SMILES string of the molecule is C[Si](C)(C)CCOCn1ncc(N2CCCN2CCCn2ccc3cc(-c4ncc(C(F)(F)F)cn4)c(F)cc3c2=O)c(C(F)(F)F)c1=O. The summed E-state index contributed by atoms with van der Waals surface area (Å²) in [6.45, 7) is 7.31. The molecular formula is C31H34F7N7O3Si. The van der Waals surface area contributed by atoms with Crippen LogP contribution in [0, 0.1) is 5.82 Å². The summed E-state index contributed by atoms with van der Waals surface area (Å²) < 4.78 is 104. The number of halogens is 7. The van der Waals surface area contributed by atoms with E-state index in [1.54, 1.807) is 5.01 Å². The molecule has 0 unspecified atom stereocenters. The summed E-state index contributed by atoms with van der Waals surface area (Å²) in [6.07, 6.45) is -5.17. The molecule has 0 amide bonds. The largest absolute Gasteiger partial charge is 0.423 e. The van der Waals surface area contributed by atoms with Crippen LogP contribution >= 0.6 is 0 Å². The molecule has 10 nitrogen and oxygen atoms in total. The molecule has 0 bridgehead atoms. The maximum Gasteiger partial charge on any atom is 0.423 e. The highest BCUT2D eigenvalue weighted by atomic mass is 28.3. The predicted octanol–water partition coefficient (Wildman–Crippen LogP) is 6.02. The summed E-state index contributed by atoms with van der Waals surface area (Å²) in [5, 5.41) is 7.36. The van der Waals surface area contributed by atoms with Gasteiger partial charge in [-0.25, -0.2) is 24.0 Å². The Balaban J connectivity index is 1.29. The molecule has 0 saturated carbocycles. The number of hydrogen-bond donors (Lipinski definition) is 0. The van der Waals surface area contributed by atoms with Crippen molar-refractivity contribution in [1.82, 2.24) is 29.3 Å². The van der Waals surface area contributed by atoms with Crippen molar-refractivity contribution in [3.63, 3.8) is 0 Å². The quantitative estimate of drug-likeness (QED) is 0.106. The molecule has 18 heteroatoms. The number of alkyl halides is 6. The topological polar surface area (TPSA) is 98.4 Å². The second-order valence-electron chi connectivity index (χ2n) is 12.9. The Morgan fingerprint density at radius 1 is 0.918 bits per heavy atom. The number of benzene rings is 1. The summed E-state index contributed by atoms with van der Waals surface area (Å²) in [5.74, 6) is -1.18. The molecule has 5 rings (SSSR count). The van der Waals surface area contributed by atoms with Crippen molar-refractivity contribution in [3.8, 4) is 11.4 Å². The molecular weight excluding hydrogens is 679 g/mol. The monoisotopic (exact) mass is 713 g/mol. The fourth-order valence-corrected chi connectivity index (χ4v) is 6.18. The normalized spacial score (nSPS) is 14.7. The van der Waals surface area contributed by atoms with E-state index < -0.39 is 55.2 Å². The lowest BCUT2D eigenvalue weighted by Gasteiger charge is -2.31. The van der Waals surface area contributed by atoms with Crippen LogP contribution in [0.5, 0.6) is 0 Å². The molecule has 0 aliphatic carbocycles. The third-order valence-corrected chi connectivity index (χ3v) is 9.73. The first kappa shape index (κ1) is 36.1. The molecule has 49 heavy (non-hydrogen) atoms. The van der Waals surface area contributed by atoms with Crippen LogP contribution in [0.3, 0.4) is 0 Å². The molecule has 4 aromatic rings. The fourth-order valence-electron chi connectivity index (χ4n) is 5.42. The van der Waals surface area contributed by atoms with E-state index in [-0.39, 0.29) is 42.1 Å². The van der Waals surface area contributed by atoms with Crippen LogP contribution in [0.1, 0.15) is 24.0 Å². The highest BCUT2D eigenvalue weighted by Gasteiger charge is 2.41. The molecule has 1 aliphatic rings. The highest BCUT2D eigenvalue weighted by Crippen LogP contribution is 2.35. The van der Waals surface area contributed by atoms with E-state index in [1.165, 1.54) is 27.9 Å². The first-order chi connectivity index (χ1) is 22.9. The summed E-state index contributed by atoms with van der Waals surface area (Å²) in [5.41, 5.74) is -4.80. The smallest absolute Gasteiger partial charge is 0.359 e. The van der Waals surface area contributed by atoms with Gasteiger partial charge in [0, 0.05) is 59.5 Å². The maximum absolute atomic E-state index is 15.0. The predicted molar refractivity (Wildman–Crippen MR) is 170 cm³/mol. The van der Waals surface area contributed by atoms with E-state index in [4.69, 9.17) is 4.74 Å². The number of aromatic nitrogens is 5. The first-order valence-corrected chi connectivity index (χ1v) is 19.1. The zero-order chi connectivity index (χ0) is 35.7. The van der Waals surface area contributed by atoms with E-state index in [0.29, 0.717) is 48.5 Å². The van der Waals surface area contributed by atoms with Crippen molar-refractivity contribution in [2.45, 2.75) is 64.2 Å². The van der Waals surface area contributed by atoms with Gasteiger partial charge < -0.3 is 14.3 Å². The minimum absolute atomic E-state index is 0.0179. The average molecular weight is 714 g/mol. The van der Waals surface area contributed by atoms with E-state index >= 15 is 4.39 Å². The van der Waals surface area contributed by atoms with Crippen molar-refractivity contribution in [1.29, 1.82) is 0 Å². The van der Waals surface area contributed by atoms with Gasteiger partial charge in [-0.15, -0.1) is 0 Å². The molecule has 3 aromatic heterocycles. The van der Waals surface area contributed by atoms with E-state index in [1.807, 2.05) is 0 Å². The highest BCUT2D eigenvalue weighted by molar-refractivity contribution is 6.76. The van der Waals surface area contributed by atoms with E-state index in [0.717, 1.165) is 18.3 Å². The van der Waals surface area contributed by atoms with Crippen LogP contribution in [0.4, 0.5) is 36.4 Å². The third-order valence-electron chi connectivity index (χ3n) is 8.02. The molecule has 1 aromatic carbocycles. The van der Waals surface area contributed by atoms with Crippen LogP contribution in [0.15, 0.2) is 52.6 Å². The van der Waals surface area contributed by atoms with Gasteiger partial charge in [0.1, 0.15) is 18.1 Å². The van der Waals surface area contributed by atoms with Crippen LogP contribution in [-0.2, 0) is 30.4 Å². The van der Waals surface area contributed by atoms with Gasteiger partial charge in [-0.3, -0.25) is 9.59 Å². The number of nitrogens with zero attached hydrogens (tertiary/aromatic N) is 7. The Morgan fingerprint density at radius 2 is 1.63 bits per heavy atom. The Hall–Kier alpha value is -4.16. The fraction of sp³-hybridized carbons (Fsp3) is 0.452. The zero-order valence-electron chi connectivity index (χ0n) is 26.9. The number of ether oxygens (including phenoxy) is 1. The number of hydrogen-bond acceptors (Lipinski definition) is 8. The number of fused-ring (bicyclic) bond motifs is 1. The van der Waals surface area contributed by atoms with Crippen LogP contribution in [-0.4, -0.2) is 63.6 Å². The molecule has 1 aliphatic heterocycles. The lowest BCUT2D eigenvalue weighted by molar-refractivity contribution is -0.139. The van der Waals surface area contributed by atoms with E-state index in [9.17, 15) is 35.9 Å². The van der Waals surface area contributed by atoms with Crippen LogP contribution < -0.4 is 16.1 Å². The van der Waals surface area contributed by atoms with Crippen molar-refractivity contribution < 1.29 is 35.5 Å². The molecule has 1 saturated heterocycles. The number of aryl methyl sites for hydroxylation is 1. The van der Waals surface area contributed by atoms with Crippen molar-refractivity contribution >= 4 is 24.5 Å². The van der Waals surface area contributed by atoms with Gasteiger partial charge in [-0.1, -0.05) is 19.6 Å². The molecule has 1 fully saturated rings. The summed E-state index contributed by atoms with van der Waals surface area (Å²) in [7, 11) is -1.44. The molecule has 0 atom stereocenters. The first-order valence-electron chi connectivity index (χ1n) is 15.4. The van der Waals surface area contributed by atoms with E-state index in [2.05, 4.69) is 34.7 Å². The lowest BCUT2D eigenvalue weighted by atomic mass is 10.1. The van der Waals surface area contributed by atoms with Gasteiger partial charge in [0.05, 0.1) is 28.4 Å². The van der Waals surface area contributed by atoms with Crippen molar-refractivity contribution in [2.75, 3.05) is 31.3 Å².